The molecule has 2 bridgehead atoms. The lowest BCUT2D eigenvalue weighted by molar-refractivity contribution is -0.0507. The zero-order chi connectivity index (χ0) is 34.2. The number of hydrogen-bond acceptors (Lipinski definition) is 7. The predicted octanol–water partition coefficient (Wildman–Crippen LogP) is 6.11. The Morgan fingerprint density at radius 3 is 2.50 bits per heavy atom. The van der Waals surface area contributed by atoms with Gasteiger partial charge in [0.15, 0.2) is 5.82 Å². The highest BCUT2D eigenvalue weighted by Crippen LogP contribution is 2.50. The summed E-state index contributed by atoms with van der Waals surface area (Å²) in [6.45, 7) is 2.47. The fraction of sp³-hybridized carbons (Fsp3) is 0.387. The summed E-state index contributed by atoms with van der Waals surface area (Å²) in [5.74, 6) is -1.42. The van der Waals surface area contributed by atoms with E-state index in [1.54, 1.807) is 39.2 Å². The summed E-state index contributed by atoms with van der Waals surface area (Å²) < 4.78 is 78.9. The highest BCUT2D eigenvalue weighted by Gasteiger charge is 2.45. The Morgan fingerprint density at radius 2 is 1.84 bits per heavy atom. The molecule has 0 saturated carbocycles. The largest absolute Gasteiger partial charge is 0.444 e. The first-order valence-corrected chi connectivity index (χ1v) is 13.8. The van der Waals surface area contributed by atoms with Crippen molar-refractivity contribution >= 4 is 23.0 Å². The molecule has 0 aliphatic carbocycles. The number of carbonyl (C=O) groups excluding carboxylic acids is 2. The third-order valence-electron chi connectivity index (χ3n) is 7.57. The Kier molecular flexibility index (Phi) is 5.98. The second kappa shape index (κ2) is 10.2. The molecule has 44 heavy (non-hydrogen) atoms. The number of nitrogens with one attached hydrogen (secondary N) is 1. The molecule has 13 heteroatoms. The molecule has 0 saturated heterocycles. The van der Waals surface area contributed by atoms with Gasteiger partial charge in [-0.15, -0.1) is 0 Å². The Balaban J connectivity index is 1.45. The third kappa shape index (κ3) is 4.99. The maximum atomic E-state index is 15.6. The van der Waals surface area contributed by atoms with Crippen LogP contribution in [0.25, 0.3) is 22.2 Å². The van der Waals surface area contributed by atoms with Gasteiger partial charge in [0, 0.05) is 58.2 Å². The first kappa shape index (κ1) is 25.8. The van der Waals surface area contributed by atoms with Crippen molar-refractivity contribution in [2.24, 2.45) is 0 Å². The van der Waals surface area contributed by atoms with Crippen molar-refractivity contribution < 1.29 is 36.3 Å². The number of nitrogens with zero attached hydrogens (tertiary/aromatic N) is 5. The zero-order valence-corrected chi connectivity index (χ0v) is 24.5. The molecule has 4 heterocycles. The molecule has 0 radical (unpaired) electrons. The zero-order valence-electron chi connectivity index (χ0n) is 27.5. The average Bonchev–Trinajstić information content (AvgIpc) is 3.42. The minimum Gasteiger partial charge on any atom is -0.444 e. The summed E-state index contributed by atoms with van der Waals surface area (Å²) in [4.78, 5) is 40.0. The summed E-state index contributed by atoms with van der Waals surface area (Å²) in [7, 11) is 0. The molecular formula is C31H31F3N6O4. The van der Waals surface area contributed by atoms with Crippen LogP contribution < -0.4 is 10.1 Å². The Bertz CT molecular complexity index is 1910. The molecule has 1 N–H and O–H groups in total. The van der Waals surface area contributed by atoms with Gasteiger partial charge in [-0.3, -0.25) is 4.79 Å². The lowest BCUT2D eigenvalue weighted by atomic mass is 9.97. The van der Waals surface area contributed by atoms with E-state index in [2.05, 4.69) is 20.3 Å². The average molecular weight is 612 g/mol. The highest BCUT2D eigenvalue weighted by atomic mass is 19.3. The maximum Gasteiger partial charge on any atom is 0.408 e. The summed E-state index contributed by atoms with van der Waals surface area (Å²) >= 11 is 0. The summed E-state index contributed by atoms with van der Waals surface area (Å²) in [6, 6.07) is 4.78. The molecule has 2 aromatic carbocycles. The van der Waals surface area contributed by atoms with Crippen molar-refractivity contribution in [3.05, 3.63) is 71.3 Å². The molecule has 2 aliphatic rings. The molecular weight excluding hydrogens is 577 g/mol. The fourth-order valence-corrected chi connectivity index (χ4v) is 5.76. The van der Waals surface area contributed by atoms with Crippen LogP contribution in [0.2, 0.25) is 0 Å². The molecule has 0 unspecified atom stereocenters. The fourth-order valence-electron chi connectivity index (χ4n) is 5.76. The van der Waals surface area contributed by atoms with E-state index in [0.717, 1.165) is 4.90 Å². The molecule has 2 atom stereocenters. The number of aromatic nitrogens is 4. The SMILES string of the molecule is [2H]C([2H])([2H])N1C(=O)c2cccc(OC(F)F)c2[C@H]2C[C@@H]1c1nc3cc(F)c(-c4cnc(C(C)(C)NC(=O)OC(C)(C)C)nc4)cc3n12. The number of imidazole rings is 1. The molecule has 230 valence electrons. The van der Waals surface area contributed by atoms with E-state index in [9.17, 15) is 18.4 Å². The number of amides is 2. The van der Waals surface area contributed by atoms with Crippen LogP contribution in [0.4, 0.5) is 18.0 Å². The van der Waals surface area contributed by atoms with Crippen molar-refractivity contribution in [3.8, 4) is 16.9 Å². The number of carbonyl (C=O) groups is 2. The van der Waals surface area contributed by atoms with Gasteiger partial charge in [0.05, 0.1) is 28.7 Å². The topological polar surface area (TPSA) is 111 Å². The second-order valence-electron chi connectivity index (χ2n) is 12.2. The standard InChI is InChI=1S/C31H31F3N6O4/c1-30(2,3)44-29(42)38-31(4,5)27-35-13-15(14-36-27)17-10-20-19(11-18(17)32)37-25-22-12-21(40(20)25)24-16(26(41)39(22)6)8-7-9-23(24)43-28(33)34/h7-11,13-14,21-22,28H,12H2,1-6H3,(H,38,42)/t21-,22-/m1/s1/i6D3. The monoisotopic (exact) mass is 611 g/mol. The van der Waals surface area contributed by atoms with Gasteiger partial charge in [-0.25, -0.2) is 24.1 Å². The Labute approximate surface area is 255 Å². The first-order valence-electron chi connectivity index (χ1n) is 15.3. The number of fused-ring (bicyclic) bond motifs is 9. The van der Waals surface area contributed by atoms with Gasteiger partial charge >= 0.3 is 12.7 Å². The normalized spacial score (nSPS) is 19.2. The van der Waals surface area contributed by atoms with E-state index in [-0.39, 0.29) is 51.6 Å². The van der Waals surface area contributed by atoms with Crippen LogP contribution in [-0.2, 0) is 10.3 Å². The first-order chi connectivity index (χ1) is 21.9. The minimum atomic E-state index is -3.21. The summed E-state index contributed by atoms with van der Waals surface area (Å²) in [5, 5.41) is 2.72. The van der Waals surface area contributed by atoms with Crippen molar-refractivity contribution in [3.63, 3.8) is 0 Å². The molecule has 4 aromatic rings. The van der Waals surface area contributed by atoms with Crippen molar-refractivity contribution in [1.82, 2.24) is 29.7 Å². The van der Waals surface area contributed by atoms with Gasteiger partial charge in [-0.2, -0.15) is 8.78 Å². The van der Waals surface area contributed by atoms with E-state index in [4.69, 9.17) is 13.6 Å². The van der Waals surface area contributed by atoms with Crippen molar-refractivity contribution in [2.75, 3.05) is 6.98 Å². The van der Waals surface area contributed by atoms with Crippen LogP contribution in [0.3, 0.4) is 0 Å². The number of hydrogen-bond donors (Lipinski definition) is 1. The lowest BCUT2D eigenvalue weighted by Gasteiger charge is -2.27. The van der Waals surface area contributed by atoms with Gasteiger partial charge in [0.1, 0.15) is 23.0 Å². The number of rotatable bonds is 5. The Morgan fingerprint density at radius 1 is 1.11 bits per heavy atom. The smallest absolute Gasteiger partial charge is 0.408 e. The third-order valence-corrected chi connectivity index (χ3v) is 7.57. The van der Waals surface area contributed by atoms with Gasteiger partial charge < -0.3 is 24.3 Å². The van der Waals surface area contributed by atoms with E-state index in [1.165, 1.54) is 42.7 Å². The van der Waals surface area contributed by atoms with Crippen LogP contribution in [0.1, 0.15) is 84.8 Å². The van der Waals surface area contributed by atoms with Crippen LogP contribution in [0.5, 0.6) is 5.75 Å². The number of ether oxygens (including phenoxy) is 2. The molecule has 2 aliphatic heterocycles. The van der Waals surface area contributed by atoms with Gasteiger partial charge in [-0.1, -0.05) is 6.07 Å². The van der Waals surface area contributed by atoms with E-state index in [1.807, 2.05) is 0 Å². The van der Waals surface area contributed by atoms with E-state index >= 15 is 4.39 Å². The minimum absolute atomic E-state index is 0.0171. The van der Waals surface area contributed by atoms with E-state index in [0.29, 0.717) is 5.52 Å². The molecule has 2 amide bonds. The highest BCUT2D eigenvalue weighted by molar-refractivity contribution is 5.98. The van der Waals surface area contributed by atoms with Crippen molar-refractivity contribution in [1.29, 1.82) is 0 Å². The van der Waals surface area contributed by atoms with Gasteiger partial charge in [0.25, 0.3) is 5.91 Å². The molecule has 2 aromatic heterocycles. The molecule has 10 nitrogen and oxygen atoms in total. The number of alkyl carbamates (subject to hydrolysis) is 1. The lowest BCUT2D eigenvalue weighted by Crippen LogP contribution is -2.44. The van der Waals surface area contributed by atoms with Gasteiger partial charge in [-0.05, 0) is 52.8 Å². The van der Waals surface area contributed by atoms with Crippen LogP contribution >= 0.6 is 0 Å². The van der Waals surface area contributed by atoms with Crippen LogP contribution in [0.15, 0.2) is 42.7 Å². The molecule has 0 spiro atoms. The molecule has 0 fully saturated rings. The Hall–Kier alpha value is -4.68. The molecule has 6 rings (SSSR count). The maximum absolute atomic E-state index is 15.6. The predicted molar refractivity (Wildman–Crippen MR) is 154 cm³/mol. The number of alkyl halides is 2. The van der Waals surface area contributed by atoms with Crippen molar-refractivity contribution in [2.45, 2.75) is 70.9 Å². The second-order valence-corrected chi connectivity index (χ2v) is 12.2. The number of halogens is 3. The summed E-state index contributed by atoms with van der Waals surface area (Å²) in [6.07, 6.45) is 2.15. The van der Waals surface area contributed by atoms with Crippen LogP contribution in [0, 0.1) is 5.82 Å². The number of benzene rings is 2. The quantitative estimate of drug-likeness (QED) is 0.290. The van der Waals surface area contributed by atoms with E-state index < -0.39 is 54.6 Å². The summed E-state index contributed by atoms with van der Waals surface area (Å²) in [5.41, 5.74) is -0.835. The van der Waals surface area contributed by atoms with Gasteiger partial charge in [0.2, 0.25) is 0 Å². The van der Waals surface area contributed by atoms with Crippen LogP contribution in [-0.4, -0.2) is 55.6 Å².